The summed E-state index contributed by atoms with van der Waals surface area (Å²) in [5.74, 6) is 0. The second-order valence-electron chi connectivity index (χ2n) is 5.42. The molecule has 2 N–H and O–H groups in total. The number of nitrogens with one attached hydrogen (secondary N) is 1. The van der Waals surface area contributed by atoms with E-state index in [0.29, 0.717) is 18.6 Å². The number of piperidine rings is 1. The number of hydrazine groups is 1. The number of aromatic nitrogens is 3. The number of nitrogens with zero attached hydrogens (tertiary/aromatic N) is 4. The van der Waals surface area contributed by atoms with Crippen LogP contribution in [0.3, 0.4) is 0 Å². The van der Waals surface area contributed by atoms with Crippen molar-refractivity contribution in [2.45, 2.75) is 64.7 Å². The van der Waals surface area contributed by atoms with Crippen LogP contribution in [0.5, 0.6) is 0 Å². The molecule has 1 aromatic rings. The Kier molecular flexibility index (Phi) is 5.30. The normalized spacial score (nSPS) is 24.8. The standard InChI is InChI=1S/C13H25N5O/c1-11-5-3-6-12(2)18(11)14-9-13-10-17(16-15-13)7-4-8-19/h10-12,14,19H,3-9H2,1-2H3. The fraction of sp³-hybridized carbons (Fsp3) is 0.846. The van der Waals surface area contributed by atoms with Crippen LogP contribution in [-0.4, -0.2) is 43.8 Å². The second kappa shape index (κ2) is 6.98. The molecule has 1 aromatic heterocycles. The molecule has 1 aliphatic rings. The third kappa shape index (κ3) is 3.99. The minimum atomic E-state index is 0.191. The van der Waals surface area contributed by atoms with Crippen molar-refractivity contribution in [3.63, 3.8) is 0 Å². The van der Waals surface area contributed by atoms with Crippen molar-refractivity contribution in [3.05, 3.63) is 11.9 Å². The highest BCUT2D eigenvalue weighted by Gasteiger charge is 2.24. The van der Waals surface area contributed by atoms with E-state index in [2.05, 4.69) is 34.6 Å². The maximum atomic E-state index is 8.79. The van der Waals surface area contributed by atoms with E-state index in [1.165, 1.54) is 19.3 Å². The lowest BCUT2D eigenvalue weighted by Crippen LogP contribution is -2.51. The first-order valence-corrected chi connectivity index (χ1v) is 7.22. The van der Waals surface area contributed by atoms with Gasteiger partial charge in [-0.2, -0.15) is 0 Å². The molecule has 1 aliphatic heterocycles. The van der Waals surface area contributed by atoms with E-state index in [9.17, 15) is 0 Å². The molecule has 6 heteroatoms. The van der Waals surface area contributed by atoms with Crippen LogP contribution in [0.15, 0.2) is 6.20 Å². The number of aliphatic hydroxyl groups excluding tert-OH is 1. The van der Waals surface area contributed by atoms with Gasteiger partial charge in [0, 0.05) is 31.4 Å². The van der Waals surface area contributed by atoms with Gasteiger partial charge in [0.05, 0.1) is 12.2 Å². The van der Waals surface area contributed by atoms with Crippen LogP contribution >= 0.6 is 0 Å². The zero-order valence-corrected chi connectivity index (χ0v) is 11.9. The first-order chi connectivity index (χ1) is 9.20. The number of hydrogen-bond acceptors (Lipinski definition) is 5. The summed E-state index contributed by atoms with van der Waals surface area (Å²) in [7, 11) is 0. The average molecular weight is 267 g/mol. The van der Waals surface area contributed by atoms with Gasteiger partial charge < -0.3 is 5.11 Å². The first-order valence-electron chi connectivity index (χ1n) is 7.22. The van der Waals surface area contributed by atoms with Gasteiger partial charge in [0.2, 0.25) is 0 Å². The third-order valence-electron chi connectivity index (χ3n) is 3.77. The van der Waals surface area contributed by atoms with Crippen molar-refractivity contribution in [3.8, 4) is 0 Å². The summed E-state index contributed by atoms with van der Waals surface area (Å²) in [6.45, 7) is 6.16. The SMILES string of the molecule is CC1CCCC(C)N1NCc1cn(CCCO)nn1. The second-order valence-corrected chi connectivity index (χ2v) is 5.42. The molecule has 108 valence electrons. The summed E-state index contributed by atoms with van der Waals surface area (Å²) in [5, 5.41) is 19.3. The van der Waals surface area contributed by atoms with Crippen molar-refractivity contribution in [1.29, 1.82) is 0 Å². The molecule has 6 nitrogen and oxygen atoms in total. The number of rotatable bonds is 6. The maximum absolute atomic E-state index is 8.79. The van der Waals surface area contributed by atoms with Crippen LogP contribution in [-0.2, 0) is 13.1 Å². The van der Waals surface area contributed by atoms with E-state index >= 15 is 0 Å². The smallest absolute Gasteiger partial charge is 0.0979 e. The predicted octanol–water partition coefficient (Wildman–Crippen LogP) is 0.928. The highest BCUT2D eigenvalue weighted by Crippen LogP contribution is 2.20. The van der Waals surface area contributed by atoms with Crippen molar-refractivity contribution in [2.75, 3.05) is 6.61 Å². The largest absolute Gasteiger partial charge is 0.396 e. The molecule has 2 atom stereocenters. The average Bonchev–Trinajstić information content (AvgIpc) is 2.84. The molecular weight excluding hydrogens is 242 g/mol. The molecule has 0 amide bonds. The van der Waals surface area contributed by atoms with Crippen LogP contribution in [0.25, 0.3) is 0 Å². The Labute approximate surface area is 114 Å². The van der Waals surface area contributed by atoms with Crippen LogP contribution in [0, 0.1) is 0 Å². The molecule has 2 unspecified atom stereocenters. The summed E-state index contributed by atoms with van der Waals surface area (Å²) in [6, 6.07) is 1.15. The van der Waals surface area contributed by atoms with E-state index in [1.807, 2.05) is 6.20 Å². The van der Waals surface area contributed by atoms with Crippen LogP contribution in [0.2, 0.25) is 0 Å². The predicted molar refractivity (Wildman–Crippen MR) is 73.2 cm³/mol. The van der Waals surface area contributed by atoms with Gasteiger partial charge in [-0.25, -0.2) is 10.4 Å². The van der Waals surface area contributed by atoms with Crippen LogP contribution in [0.4, 0.5) is 0 Å². The van der Waals surface area contributed by atoms with Gasteiger partial charge >= 0.3 is 0 Å². The van der Waals surface area contributed by atoms with Gasteiger partial charge in [-0.05, 0) is 33.1 Å². The summed E-state index contributed by atoms with van der Waals surface area (Å²) < 4.78 is 1.79. The lowest BCUT2D eigenvalue weighted by Gasteiger charge is -2.38. The topological polar surface area (TPSA) is 66.2 Å². The molecule has 0 saturated carbocycles. The monoisotopic (exact) mass is 267 g/mol. The Morgan fingerprint density at radius 3 is 2.79 bits per heavy atom. The summed E-state index contributed by atoms with van der Waals surface area (Å²) in [5.41, 5.74) is 4.42. The molecule has 0 aromatic carbocycles. The van der Waals surface area contributed by atoms with Crippen molar-refractivity contribution in [1.82, 2.24) is 25.4 Å². The van der Waals surface area contributed by atoms with Gasteiger partial charge in [0.1, 0.15) is 0 Å². The van der Waals surface area contributed by atoms with Crippen molar-refractivity contribution < 1.29 is 5.11 Å². The Morgan fingerprint density at radius 2 is 2.11 bits per heavy atom. The lowest BCUT2D eigenvalue weighted by atomic mass is 10.00. The number of aryl methyl sites for hydroxylation is 1. The third-order valence-corrected chi connectivity index (χ3v) is 3.77. The first kappa shape index (κ1) is 14.4. The lowest BCUT2D eigenvalue weighted by molar-refractivity contribution is 0.0431. The quantitative estimate of drug-likeness (QED) is 0.802. The molecule has 2 rings (SSSR count). The number of hydrogen-bond donors (Lipinski definition) is 2. The molecule has 1 fully saturated rings. The van der Waals surface area contributed by atoms with Gasteiger partial charge in [0.25, 0.3) is 0 Å². The Balaban J connectivity index is 1.82. The Bertz CT molecular complexity index is 371. The van der Waals surface area contributed by atoms with Gasteiger partial charge in [-0.3, -0.25) is 4.68 Å². The molecule has 0 aliphatic carbocycles. The highest BCUT2D eigenvalue weighted by atomic mass is 16.3. The maximum Gasteiger partial charge on any atom is 0.0979 e. The minimum absolute atomic E-state index is 0.191. The molecule has 19 heavy (non-hydrogen) atoms. The van der Waals surface area contributed by atoms with E-state index in [-0.39, 0.29) is 6.61 Å². The van der Waals surface area contributed by atoms with Crippen LogP contribution in [0.1, 0.15) is 45.2 Å². The molecule has 1 saturated heterocycles. The molecule has 0 spiro atoms. The van der Waals surface area contributed by atoms with Crippen molar-refractivity contribution >= 4 is 0 Å². The van der Waals surface area contributed by atoms with E-state index in [1.54, 1.807) is 4.68 Å². The van der Waals surface area contributed by atoms with E-state index < -0.39 is 0 Å². The summed E-state index contributed by atoms with van der Waals surface area (Å²) in [4.78, 5) is 0. The molecular formula is C13H25N5O. The Hall–Kier alpha value is -0.980. The van der Waals surface area contributed by atoms with Gasteiger partial charge in [-0.1, -0.05) is 11.6 Å². The van der Waals surface area contributed by atoms with Crippen LogP contribution < -0.4 is 5.43 Å². The van der Waals surface area contributed by atoms with Crippen molar-refractivity contribution in [2.24, 2.45) is 0 Å². The Morgan fingerprint density at radius 1 is 1.37 bits per heavy atom. The zero-order chi connectivity index (χ0) is 13.7. The molecule has 0 bridgehead atoms. The summed E-state index contributed by atoms with van der Waals surface area (Å²) in [6.07, 6.45) is 6.48. The van der Waals surface area contributed by atoms with Gasteiger partial charge in [0.15, 0.2) is 0 Å². The number of aliphatic hydroxyl groups is 1. The summed E-state index contributed by atoms with van der Waals surface area (Å²) >= 11 is 0. The fourth-order valence-corrected chi connectivity index (χ4v) is 2.67. The highest BCUT2D eigenvalue weighted by molar-refractivity contribution is 4.91. The van der Waals surface area contributed by atoms with Gasteiger partial charge in [-0.15, -0.1) is 5.10 Å². The minimum Gasteiger partial charge on any atom is -0.396 e. The molecule has 2 heterocycles. The van der Waals surface area contributed by atoms with E-state index in [0.717, 1.165) is 18.7 Å². The fourth-order valence-electron chi connectivity index (χ4n) is 2.67. The zero-order valence-electron chi connectivity index (χ0n) is 11.9. The molecule has 0 radical (unpaired) electrons. The van der Waals surface area contributed by atoms with E-state index in [4.69, 9.17) is 5.11 Å².